The number of piperidine rings is 1. The molecule has 0 aliphatic carbocycles. The fraction of sp³-hybridized carbons (Fsp3) is 0.455. The molecule has 1 aromatic rings. The lowest BCUT2D eigenvalue weighted by molar-refractivity contribution is 0.154. The molecule has 16 heavy (non-hydrogen) atoms. The van der Waals surface area contributed by atoms with E-state index in [1.807, 2.05) is 11.0 Å². The van der Waals surface area contributed by atoms with Crippen molar-refractivity contribution in [1.29, 1.82) is 5.26 Å². The van der Waals surface area contributed by atoms with Crippen LogP contribution in [0.3, 0.4) is 0 Å². The zero-order chi connectivity index (χ0) is 11.5. The van der Waals surface area contributed by atoms with E-state index in [0.717, 1.165) is 19.4 Å². The number of hydrogen-bond acceptors (Lipinski definition) is 4. The first-order valence-electron chi connectivity index (χ1n) is 5.20. The molecule has 2 rings (SSSR count). The van der Waals surface area contributed by atoms with Crippen LogP contribution in [0.1, 0.15) is 18.4 Å². The van der Waals surface area contributed by atoms with Crippen LogP contribution in [0, 0.1) is 11.3 Å². The number of rotatable bonds is 1. The molecule has 0 bridgehead atoms. The van der Waals surface area contributed by atoms with E-state index in [1.165, 1.54) is 0 Å². The van der Waals surface area contributed by atoms with Crippen molar-refractivity contribution in [3.63, 3.8) is 0 Å². The van der Waals surface area contributed by atoms with E-state index >= 15 is 0 Å². The average Bonchev–Trinajstić information content (AvgIpc) is 2.29. The molecule has 5 heteroatoms. The topological polar surface area (TPSA) is 60.2 Å². The molecule has 4 nitrogen and oxygen atoms in total. The van der Waals surface area contributed by atoms with Gasteiger partial charge in [-0.15, -0.1) is 0 Å². The summed E-state index contributed by atoms with van der Waals surface area (Å²) >= 11 is 6.08. The number of halogens is 1. The fourth-order valence-corrected chi connectivity index (χ4v) is 2.16. The summed E-state index contributed by atoms with van der Waals surface area (Å²) in [5.74, 6) is 0.597. The number of nitrogens with zero attached hydrogens (tertiary/aromatic N) is 3. The third-order valence-electron chi connectivity index (χ3n) is 2.69. The molecule has 1 aliphatic heterocycles. The minimum Gasteiger partial charge on any atom is -0.391 e. The molecule has 0 spiro atoms. The van der Waals surface area contributed by atoms with Crippen LogP contribution in [0.4, 0.5) is 5.82 Å². The molecule has 0 aromatic carbocycles. The molecule has 1 aliphatic rings. The predicted molar refractivity (Wildman–Crippen MR) is 61.4 cm³/mol. The van der Waals surface area contributed by atoms with Gasteiger partial charge in [0.05, 0.1) is 11.7 Å². The van der Waals surface area contributed by atoms with Gasteiger partial charge in [-0.25, -0.2) is 4.98 Å². The summed E-state index contributed by atoms with van der Waals surface area (Å²) in [5, 5.41) is 18.8. The van der Waals surface area contributed by atoms with Crippen LogP contribution in [0.25, 0.3) is 0 Å². The summed E-state index contributed by atoms with van der Waals surface area (Å²) in [6.07, 6.45) is 2.96. The van der Waals surface area contributed by atoms with Gasteiger partial charge in [-0.1, -0.05) is 11.6 Å². The van der Waals surface area contributed by atoms with Gasteiger partial charge in [-0.3, -0.25) is 0 Å². The monoisotopic (exact) mass is 237 g/mol. The molecule has 0 amide bonds. The van der Waals surface area contributed by atoms with Crippen molar-refractivity contribution >= 4 is 17.4 Å². The summed E-state index contributed by atoms with van der Waals surface area (Å²) in [5.41, 5.74) is 0.423. The quantitative estimate of drug-likeness (QED) is 0.806. The Morgan fingerprint density at radius 2 is 2.44 bits per heavy atom. The lowest BCUT2D eigenvalue weighted by atomic mass is 10.1. The molecule has 1 atom stereocenters. The number of aromatic nitrogens is 1. The normalized spacial score (nSPS) is 20.6. The van der Waals surface area contributed by atoms with Crippen molar-refractivity contribution in [3.05, 3.63) is 22.8 Å². The van der Waals surface area contributed by atoms with E-state index in [9.17, 15) is 5.11 Å². The van der Waals surface area contributed by atoms with Crippen molar-refractivity contribution in [1.82, 2.24) is 4.98 Å². The van der Waals surface area contributed by atoms with Gasteiger partial charge in [0.25, 0.3) is 0 Å². The Morgan fingerprint density at radius 3 is 3.12 bits per heavy atom. The number of pyridine rings is 1. The van der Waals surface area contributed by atoms with Gasteiger partial charge in [-0.05, 0) is 18.9 Å². The van der Waals surface area contributed by atoms with Gasteiger partial charge in [0, 0.05) is 19.3 Å². The van der Waals surface area contributed by atoms with Crippen LogP contribution >= 0.6 is 11.6 Å². The van der Waals surface area contributed by atoms with Crippen LogP contribution in [0.15, 0.2) is 12.3 Å². The highest BCUT2D eigenvalue weighted by atomic mass is 35.5. The van der Waals surface area contributed by atoms with Crippen LogP contribution in [0.5, 0.6) is 0 Å². The Morgan fingerprint density at radius 1 is 1.62 bits per heavy atom. The Kier molecular flexibility index (Phi) is 3.28. The lowest BCUT2D eigenvalue weighted by Crippen LogP contribution is -2.38. The molecule has 1 aromatic heterocycles. The first kappa shape index (κ1) is 11.2. The smallest absolute Gasteiger partial charge is 0.148 e. The van der Waals surface area contributed by atoms with Crippen molar-refractivity contribution in [3.8, 4) is 6.07 Å². The van der Waals surface area contributed by atoms with E-state index in [4.69, 9.17) is 16.9 Å². The Balaban J connectivity index is 2.30. The van der Waals surface area contributed by atoms with Gasteiger partial charge in [0.1, 0.15) is 16.9 Å². The Hall–Kier alpha value is -1.31. The van der Waals surface area contributed by atoms with Crippen molar-refractivity contribution in [2.75, 3.05) is 18.0 Å². The minimum absolute atomic E-state index is 0.336. The zero-order valence-corrected chi connectivity index (χ0v) is 9.48. The second-order valence-corrected chi connectivity index (χ2v) is 4.23. The van der Waals surface area contributed by atoms with Gasteiger partial charge in [-0.2, -0.15) is 5.26 Å². The van der Waals surface area contributed by atoms with E-state index in [0.29, 0.717) is 22.9 Å². The van der Waals surface area contributed by atoms with Gasteiger partial charge in [0.2, 0.25) is 0 Å². The molecule has 0 radical (unpaired) electrons. The summed E-state index contributed by atoms with van der Waals surface area (Å²) in [6.45, 7) is 1.35. The number of aliphatic hydroxyl groups excluding tert-OH is 1. The molecule has 0 saturated carbocycles. The van der Waals surface area contributed by atoms with Crippen LogP contribution in [-0.4, -0.2) is 29.3 Å². The Labute approximate surface area is 99.1 Å². The van der Waals surface area contributed by atoms with Crippen molar-refractivity contribution in [2.24, 2.45) is 0 Å². The van der Waals surface area contributed by atoms with Crippen LogP contribution in [-0.2, 0) is 0 Å². The summed E-state index contributed by atoms with van der Waals surface area (Å²) in [7, 11) is 0. The molecule has 1 saturated heterocycles. The standard InChI is InChI=1S/C11H12ClN3O/c12-10-8(6-13)3-4-14-11(10)15-5-1-2-9(16)7-15/h3-4,9,16H,1-2,5,7H2/t9-/m0/s1. The van der Waals surface area contributed by atoms with Crippen LogP contribution < -0.4 is 4.90 Å². The fourth-order valence-electron chi connectivity index (χ4n) is 1.89. The van der Waals surface area contributed by atoms with E-state index in [-0.39, 0.29) is 6.10 Å². The van der Waals surface area contributed by atoms with E-state index < -0.39 is 0 Å². The molecular formula is C11H12ClN3O. The first-order valence-corrected chi connectivity index (χ1v) is 5.58. The SMILES string of the molecule is N#Cc1ccnc(N2CCC[C@H](O)C2)c1Cl. The highest BCUT2D eigenvalue weighted by Crippen LogP contribution is 2.28. The first-order chi connectivity index (χ1) is 7.72. The van der Waals surface area contributed by atoms with Gasteiger partial charge in [0.15, 0.2) is 0 Å². The second kappa shape index (κ2) is 4.69. The van der Waals surface area contributed by atoms with Gasteiger partial charge >= 0.3 is 0 Å². The number of hydrogen-bond donors (Lipinski definition) is 1. The zero-order valence-electron chi connectivity index (χ0n) is 8.73. The predicted octanol–water partition coefficient (Wildman–Crippen LogP) is 1.57. The summed E-state index contributed by atoms with van der Waals surface area (Å²) in [4.78, 5) is 6.10. The molecule has 1 N–H and O–H groups in total. The highest BCUT2D eigenvalue weighted by Gasteiger charge is 2.21. The number of β-amino-alcohol motifs (C(OH)–C–C–N with tert-alkyl or cyclic N) is 1. The number of anilines is 1. The third kappa shape index (κ3) is 2.11. The van der Waals surface area contributed by atoms with Crippen LogP contribution in [0.2, 0.25) is 5.02 Å². The average molecular weight is 238 g/mol. The van der Waals surface area contributed by atoms with E-state index in [2.05, 4.69) is 4.98 Å². The molecule has 2 heterocycles. The third-order valence-corrected chi connectivity index (χ3v) is 3.06. The number of aliphatic hydroxyl groups is 1. The molecule has 84 valence electrons. The lowest BCUT2D eigenvalue weighted by Gasteiger charge is -2.31. The largest absolute Gasteiger partial charge is 0.391 e. The maximum atomic E-state index is 9.58. The number of nitriles is 1. The van der Waals surface area contributed by atoms with Gasteiger partial charge < -0.3 is 10.0 Å². The molecular weight excluding hydrogens is 226 g/mol. The maximum absolute atomic E-state index is 9.58. The summed E-state index contributed by atoms with van der Waals surface area (Å²) in [6, 6.07) is 3.61. The van der Waals surface area contributed by atoms with E-state index in [1.54, 1.807) is 12.3 Å². The molecule has 0 unspecified atom stereocenters. The highest BCUT2D eigenvalue weighted by molar-refractivity contribution is 6.34. The summed E-state index contributed by atoms with van der Waals surface area (Å²) < 4.78 is 0. The van der Waals surface area contributed by atoms with Crippen molar-refractivity contribution in [2.45, 2.75) is 18.9 Å². The molecule has 1 fully saturated rings. The maximum Gasteiger partial charge on any atom is 0.148 e. The Bertz CT molecular complexity index is 430. The minimum atomic E-state index is -0.336. The second-order valence-electron chi connectivity index (χ2n) is 3.85. The van der Waals surface area contributed by atoms with Crippen molar-refractivity contribution < 1.29 is 5.11 Å².